The third-order valence-corrected chi connectivity index (χ3v) is 6.59. The van der Waals surface area contributed by atoms with Gasteiger partial charge in [-0.1, -0.05) is 0 Å². The predicted molar refractivity (Wildman–Crippen MR) is 134 cm³/mol. The maximum Gasteiger partial charge on any atom is 0.231 e. The Hall–Kier alpha value is -4.04. The minimum atomic E-state index is -0.253. The number of rotatable bonds is 6. The molecule has 2 aliphatic heterocycles. The second kappa shape index (κ2) is 9.91. The van der Waals surface area contributed by atoms with Crippen molar-refractivity contribution in [1.82, 2.24) is 4.90 Å². The molecule has 0 bridgehead atoms. The van der Waals surface area contributed by atoms with Crippen LogP contribution in [0.2, 0.25) is 0 Å². The van der Waals surface area contributed by atoms with Crippen LogP contribution in [0.4, 0.5) is 10.1 Å². The van der Waals surface area contributed by atoms with E-state index in [1.807, 2.05) is 0 Å². The van der Waals surface area contributed by atoms with Gasteiger partial charge in [0.1, 0.15) is 28.8 Å². The number of nitrogens with zero attached hydrogens (tertiary/aromatic N) is 2. The van der Waals surface area contributed by atoms with Gasteiger partial charge >= 0.3 is 0 Å². The maximum atomic E-state index is 13.3. The SMILES string of the molecule is COc1ccc(OC)c(/C=C2/Oc3c(ccc(O)c3CN3CCN(c4ccc(F)cc4)CC3)C2=O)c1. The van der Waals surface area contributed by atoms with Gasteiger partial charge in [0.25, 0.3) is 0 Å². The molecular formula is C28H27FN2O5. The molecule has 7 nitrogen and oxygen atoms in total. The van der Waals surface area contributed by atoms with Gasteiger partial charge in [0.2, 0.25) is 5.78 Å². The van der Waals surface area contributed by atoms with Gasteiger partial charge in [-0.05, 0) is 60.7 Å². The number of ketones is 1. The molecule has 186 valence electrons. The zero-order valence-electron chi connectivity index (χ0n) is 20.2. The van der Waals surface area contributed by atoms with E-state index in [9.17, 15) is 14.3 Å². The van der Waals surface area contributed by atoms with Gasteiger partial charge in [-0.3, -0.25) is 9.69 Å². The largest absolute Gasteiger partial charge is 0.507 e. The lowest BCUT2D eigenvalue weighted by molar-refractivity contribution is 0.101. The predicted octanol–water partition coefficient (Wildman–Crippen LogP) is 4.49. The number of hydrogen-bond donors (Lipinski definition) is 1. The topological polar surface area (TPSA) is 71.5 Å². The molecule has 1 N–H and O–H groups in total. The average Bonchev–Trinajstić information content (AvgIpc) is 3.21. The number of aromatic hydroxyl groups is 1. The average molecular weight is 491 g/mol. The monoisotopic (exact) mass is 490 g/mol. The smallest absolute Gasteiger partial charge is 0.231 e. The molecule has 0 amide bonds. The fraction of sp³-hybridized carbons (Fsp3) is 0.250. The molecule has 2 aliphatic rings. The van der Waals surface area contributed by atoms with Crippen LogP contribution in [0.1, 0.15) is 21.5 Å². The summed E-state index contributed by atoms with van der Waals surface area (Å²) < 4.78 is 30.0. The van der Waals surface area contributed by atoms with Gasteiger partial charge in [0.15, 0.2) is 5.76 Å². The molecule has 0 unspecified atom stereocenters. The number of carbonyl (C=O) groups is 1. The van der Waals surface area contributed by atoms with Crippen molar-refractivity contribution >= 4 is 17.5 Å². The summed E-state index contributed by atoms with van der Waals surface area (Å²) in [4.78, 5) is 17.5. The first-order valence-electron chi connectivity index (χ1n) is 11.7. The van der Waals surface area contributed by atoms with Crippen molar-refractivity contribution in [3.8, 4) is 23.0 Å². The van der Waals surface area contributed by atoms with Crippen molar-refractivity contribution < 1.29 is 28.5 Å². The Kier molecular flexibility index (Phi) is 6.52. The normalized spacial score (nSPS) is 16.7. The van der Waals surface area contributed by atoms with E-state index in [-0.39, 0.29) is 23.1 Å². The van der Waals surface area contributed by atoms with E-state index in [1.165, 1.54) is 12.1 Å². The first-order chi connectivity index (χ1) is 17.5. The molecule has 0 saturated carbocycles. The van der Waals surface area contributed by atoms with Gasteiger partial charge in [0.05, 0.1) is 25.3 Å². The summed E-state index contributed by atoms with van der Waals surface area (Å²) in [6, 6.07) is 14.9. The van der Waals surface area contributed by atoms with Gasteiger partial charge in [-0.15, -0.1) is 0 Å². The number of carbonyl (C=O) groups excluding carboxylic acids is 1. The lowest BCUT2D eigenvalue weighted by Gasteiger charge is -2.36. The van der Waals surface area contributed by atoms with Crippen molar-refractivity contribution in [3.05, 3.63) is 82.9 Å². The van der Waals surface area contributed by atoms with Crippen LogP contribution < -0.4 is 19.1 Å². The molecule has 0 aliphatic carbocycles. The van der Waals surface area contributed by atoms with Crippen LogP contribution >= 0.6 is 0 Å². The first-order valence-corrected chi connectivity index (χ1v) is 11.7. The number of hydrogen-bond acceptors (Lipinski definition) is 7. The number of phenolic OH excluding ortho intramolecular Hbond substituents is 1. The van der Waals surface area contributed by atoms with Crippen LogP contribution in [0.3, 0.4) is 0 Å². The highest BCUT2D eigenvalue weighted by molar-refractivity contribution is 6.15. The highest BCUT2D eigenvalue weighted by Gasteiger charge is 2.32. The summed E-state index contributed by atoms with van der Waals surface area (Å²) in [7, 11) is 3.13. The molecule has 3 aromatic carbocycles. The number of benzene rings is 3. The Labute approximate surface area is 208 Å². The Morgan fingerprint density at radius 2 is 1.75 bits per heavy atom. The molecule has 0 atom stereocenters. The minimum absolute atomic E-state index is 0.0859. The number of methoxy groups -OCH3 is 2. The van der Waals surface area contributed by atoms with Crippen LogP contribution in [0.5, 0.6) is 23.0 Å². The maximum absolute atomic E-state index is 13.3. The lowest BCUT2D eigenvalue weighted by atomic mass is 10.0. The summed E-state index contributed by atoms with van der Waals surface area (Å²) in [5.41, 5.74) is 2.63. The van der Waals surface area contributed by atoms with Gasteiger partial charge in [-0.25, -0.2) is 4.39 Å². The summed E-state index contributed by atoms with van der Waals surface area (Å²) in [6.45, 7) is 3.47. The van der Waals surface area contributed by atoms with Crippen molar-refractivity contribution in [2.24, 2.45) is 0 Å². The third kappa shape index (κ3) is 4.59. The fourth-order valence-electron chi connectivity index (χ4n) is 4.58. The second-order valence-electron chi connectivity index (χ2n) is 8.73. The fourth-order valence-corrected chi connectivity index (χ4v) is 4.58. The Bertz CT molecular complexity index is 1310. The molecule has 1 saturated heterocycles. The number of Topliss-reactive ketones (excluding diaryl/α,β-unsaturated/α-hetero) is 1. The number of ether oxygens (including phenoxy) is 3. The molecule has 8 heteroatoms. The highest BCUT2D eigenvalue weighted by Crippen LogP contribution is 2.41. The van der Waals surface area contributed by atoms with E-state index < -0.39 is 0 Å². The van der Waals surface area contributed by atoms with Gasteiger partial charge in [-0.2, -0.15) is 0 Å². The number of fused-ring (bicyclic) bond motifs is 1. The number of anilines is 1. The minimum Gasteiger partial charge on any atom is -0.507 e. The quantitative estimate of drug-likeness (QED) is 0.511. The summed E-state index contributed by atoms with van der Waals surface area (Å²) in [6.07, 6.45) is 1.63. The molecule has 36 heavy (non-hydrogen) atoms. The van der Waals surface area contributed by atoms with Crippen LogP contribution in [0, 0.1) is 5.82 Å². The van der Waals surface area contributed by atoms with E-state index >= 15 is 0 Å². The van der Waals surface area contributed by atoms with E-state index in [4.69, 9.17) is 14.2 Å². The molecule has 0 spiro atoms. The van der Waals surface area contributed by atoms with E-state index in [1.54, 1.807) is 62.8 Å². The van der Waals surface area contributed by atoms with Crippen LogP contribution in [0.25, 0.3) is 6.08 Å². The lowest BCUT2D eigenvalue weighted by Crippen LogP contribution is -2.46. The Balaban J connectivity index is 1.35. The van der Waals surface area contributed by atoms with Gasteiger partial charge < -0.3 is 24.2 Å². The van der Waals surface area contributed by atoms with Crippen LogP contribution in [-0.2, 0) is 6.54 Å². The summed E-state index contributed by atoms with van der Waals surface area (Å²) >= 11 is 0. The number of halogens is 1. The summed E-state index contributed by atoms with van der Waals surface area (Å²) in [5.74, 6) is 1.33. The van der Waals surface area contributed by atoms with Crippen LogP contribution in [0.15, 0.2) is 60.4 Å². The molecule has 0 aromatic heterocycles. The summed E-state index contributed by atoms with van der Waals surface area (Å²) in [5, 5.41) is 10.7. The molecule has 3 aromatic rings. The van der Waals surface area contributed by atoms with Crippen molar-refractivity contribution in [3.63, 3.8) is 0 Å². The van der Waals surface area contributed by atoms with E-state index in [0.29, 0.717) is 40.5 Å². The van der Waals surface area contributed by atoms with Crippen molar-refractivity contribution in [2.45, 2.75) is 6.54 Å². The van der Waals surface area contributed by atoms with E-state index in [0.717, 1.165) is 31.9 Å². The molecule has 2 heterocycles. The number of allylic oxidation sites excluding steroid dienone is 1. The number of phenols is 1. The molecule has 5 rings (SSSR count). The Morgan fingerprint density at radius 1 is 1.00 bits per heavy atom. The first kappa shape index (κ1) is 23.7. The number of piperazine rings is 1. The zero-order chi connectivity index (χ0) is 25.2. The highest BCUT2D eigenvalue weighted by atomic mass is 19.1. The standard InChI is InChI=1S/C28H27FN2O5/c1-34-21-7-10-25(35-2)18(15-21)16-26-27(33)22-8-9-24(32)23(28(22)36-26)17-30-11-13-31(14-12-30)20-5-3-19(29)4-6-20/h3-10,15-16,32H,11-14,17H2,1-2H3/b26-16+. The van der Waals surface area contributed by atoms with Crippen molar-refractivity contribution in [2.75, 3.05) is 45.3 Å². The zero-order valence-corrected chi connectivity index (χ0v) is 20.2. The van der Waals surface area contributed by atoms with Crippen LogP contribution in [-0.4, -0.2) is 56.2 Å². The van der Waals surface area contributed by atoms with Gasteiger partial charge in [0, 0.05) is 44.0 Å². The van der Waals surface area contributed by atoms with E-state index in [2.05, 4.69) is 9.80 Å². The van der Waals surface area contributed by atoms with Crippen molar-refractivity contribution in [1.29, 1.82) is 0 Å². The molecular weight excluding hydrogens is 463 g/mol. The second-order valence-corrected chi connectivity index (χ2v) is 8.73. The molecule has 1 fully saturated rings. The third-order valence-electron chi connectivity index (χ3n) is 6.59. The molecule has 0 radical (unpaired) electrons. The Morgan fingerprint density at radius 3 is 2.44 bits per heavy atom.